The number of anilines is 1. The van der Waals surface area contributed by atoms with Gasteiger partial charge in [0.25, 0.3) is 0 Å². The maximum Gasteiger partial charge on any atom is 0.185 e. The summed E-state index contributed by atoms with van der Waals surface area (Å²) in [6.07, 6.45) is 11.9. The van der Waals surface area contributed by atoms with E-state index in [1.165, 1.54) is 24.2 Å². The first-order valence-electron chi connectivity index (χ1n) is 7.94. The summed E-state index contributed by atoms with van der Waals surface area (Å²) in [4.78, 5) is 15.6. The minimum Gasteiger partial charge on any atom is -0.347 e. The molecule has 23 heavy (non-hydrogen) atoms. The Morgan fingerprint density at radius 2 is 2.04 bits per heavy atom. The maximum absolute atomic E-state index is 4.66. The normalized spacial score (nSPS) is 18.3. The fourth-order valence-corrected chi connectivity index (χ4v) is 3.91. The molecule has 5 nitrogen and oxygen atoms in total. The second kappa shape index (κ2) is 6.50. The van der Waals surface area contributed by atoms with Gasteiger partial charge in [-0.05, 0) is 30.5 Å². The quantitative estimate of drug-likeness (QED) is 0.739. The van der Waals surface area contributed by atoms with Crippen molar-refractivity contribution in [2.24, 2.45) is 0 Å². The lowest BCUT2D eigenvalue weighted by Gasteiger charge is -2.32. The summed E-state index contributed by atoms with van der Waals surface area (Å²) in [7, 11) is 0. The van der Waals surface area contributed by atoms with Crippen LogP contribution in [0, 0.1) is 0 Å². The lowest BCUT2D eigenvalue weighted by Crippen LogP contribution is -2.35. The minimum atomic E-state index is 0.462. The Hall–Kier alpha value is -2.21. The molecule has 4 rings (SSSR count). The molecule has 1 aliphatic heterocycles. The van der Waals surface area contributed by atoms with Crippen molar-refractivity contribution in [3.63, 3.8) is 0 Å². The van der Waals surface area contributed by atoms with Crippen molar-refractivity contribution in [3.8, 4) is 0 Å². The van der Waals surface area contributed by atoms with Crippen LogP contribution in [0.25, 0.3) is 0 Å². The standard InChI is InChI=1S/C17H19N5S/c1-2-15(13-22(9-1)17-20-8-11-23-17)16-19-7-10-21(16)12-14-3-5-18-6-4-14/h3-8,10-11,15H,1-2,9,12-13H2. The number of hydrogen-bond donors (Lipinski definition) is 0. The molecular formula is C17H19N5S. The predicted octanol–water partition coefficient (Wildman–Crippen LogP) is 3.17. The molecule has 1 saturated heterocycles. The number of thiazole rings is 1. The second-order valence-corrected chi connectivity index (χ2v) is 6.74. The van der Waals surface area contributed by atoms with Gasteiger partial charge in [-0.1, -0.05) is 0 Å². The third-order valence-electron chi connectivity index (χ3n) is 4.33. The van der Waals surface area contributed by atoms with Gasteiger partial charge >= 0.3 is 0 Å². The molecule has 3 aromatic heterocycles. The molecule has 0 N–H and O–H groups in total. The van der Waals surface area contributed by atoms with Gasteiger partial charge in [0.1, 0.15) is 5.82 Å². The Balaban J connectivity index is 1.53. The van der Waals surface area contributed by atoms with Crippen LogP contribution in [0.3, 0.4) is 0 Å². The molecular weight excluding hydrogens is 306 g/mol. The first kappa shape index (κ1) is 14.4. The van der Waals surface area contributed by atoms with Gasteiger partial charge in [-0.25, -0.2) is 9.97 Å². The number of rotatable bonds is 4. The van der Waals surface area contributed by atoms with Crippen molar-refractivity contribution in [1.82, 2.24) is 19.5 Å². The van der Waals surface area contributed by atoms with Crippen molar-refractivity contribution in [3.05, 3.63) is 59.9 Å². The zero-order valence-electron chi connectivity index (χ0n) is 12.9. The number of imidazole rings is 1. The maximum atomic E-state index is 4.66. The van der Waals surface area contributed by atoms with E-state index in [2.05, 4.69) is 42.7 Å². The molecule has 1 atom stereocenters. The van der Waals surface area contributed by atoms with Gasteiger partial charge < -0.3 is 9.47 Å². The van der Waals surface area contributed by atoms with E-state index in [0.29, 0.717) is 5.92 Å². The van der Waals surface area contributed by atoms with Crippen molar-refractivity contribution in [2.45, 2.75) is 25.3 Å². The van der Waals surface area contributed by atoms with Crippen molar-refractivity contribution >= 4 is 16.5 Å². The summed E-state index contributed by atoms with van der Waals surface area (Å²) in [5.41, 5.74) is 1.26. The molecule has 0 radical (unpaired) electrons. The lowest BCUT2D eigenvalue weighted by atomic mass is 9.97. The van der Waals surface area contributed by atoms with Crippen molar-refractivity contribution < 1.29 is 0 Å². The Morgan fingerprint density at radius 3 is 2.87 bits per heavy atom. The molecule has 3 aromatic rings. The Bertz CT molecular complexity index is 737. The summed E-state index contributed by atoms with van der Waals surface area (Å²) < 4.78 is 2.27. The van der Waals surface area contributed by atoms with Gasteiger partial charge in [-0.15, -0.1) is 11.3 Å². The number of nitrogens with zero attached hydrogens (tertiary/aromatic N) is 5. The lowest BCUT2D eigenvalue weighted by molar-refractivity contribution is 0.476. The number of pyridine rings is 1. The first-order chi connectivity index (χ1) is 11.4. The van der Waals surface area contributed by atoms with Gasteiger partial charge in [0.2, 0.25) is 0 Å². The van der Waals surface area contributed by atoms with E-state index in [4.69, 9.17) is 0 Å². The van der Waals surface area contributed by atoms with Crippen molar-refractivity contribution in [2.75, 3.05) is 18.0 Å². The third-order valence-corrected chi connectivity index (χ3v) is 5.16. The molecule has 0 saturated carbocycles. The summed E-state index contributed by atoms with van der Waals surface area (Å²) >= 11 is 1.72. The number of piperidine rings is 1. The van der Waals surface area contributed by atoms with Gasteiger partial charge in [-0.2, -0.15) is 0 Å². The monoisotopic (exact) mass is 325 g/mol. The topological polar surface area (TPSA) is 46.8 Å². The number of hydrogen-bond acceptors (Lipinski definition) is 5. The van der Waals surface area contributed by atoms with Crippen LogP contribution in [-0.2, 0) is 6.54 Å². The molecule has 1 fully saturated rings. The molecule has 0 aromatic carbocycles. The van der Waals surface area contributed by atoms with Crippen LogP contribution >= 0.6 is 11.3 Å². The highest BCUT2D eigenvalue weighted by Gasteiger charge is 2.25. The Kier molecular flexibility index (Phi) is 4.06. The van der Waals surface area contributed by atoms with Crippen LogP contribution < -0.4 is 4.90 Å². The molecule has 0 bridgehead atoms. The molecule has 1 unspecified atom stereocenters. The van der Waals surface area contributed by atoms with Gasteiger partial charge in [0.15, 0.2) is 5.13 Å². The predicted molar refractivity (Wildman–Crippen MR) is 91.9 cm³/mol. The first-order valence-corrected chi connectivity index (χ1v) is 8.82. The van der Waals surface area contributed by atoms with Crippen LogP contribution in [0.2, 0.25) is 0 Å². The summed E-state index contributed by atoms with van der Waals surface area (Å²) in [5.74, 6) is 1.65. The summed E-state index contributed by atoms with van der Waals surface area (Å²) in [6, 6.07) is 4.12. The van der Waals surface area contributed by atoms with Gasteiger partial charge in [0.05, 0.1) is 0 Å². The fourth-order valence-electron chi connectivity index (χ4n) is 3.23. The Morgan fingerprint density at radius 1 is 1.13 bits per heavy atom. The highest BCUT2D eigenvalue weighted by Crippen LogP contribution is 2.30. The Labute approximate surface area is 139 Å². The van der Waals surface area contributed by atoms with E-state index in [9.17, 15) is 0 Å². The van der Waals surface area contributed by atoms with E-state index in [1.807, 2.05) is 30.2 Å². The minimum absolute atomic E-state index is 0.462. The van der Waals surface area contributed by atoms with E-state index >= 15 is 0 Å². The van der Waals surface area contributed by atoms with Gasteiger partial charge in [-0.3, -0.25) is 4.98 Å². The van der Waals surface area contributed by atoms with Gasteiger partial charge in [0, 0.05) is 61.9 Å². The SMILES string of the molecule is c1cc(Cn2ccnc2C2CCCN(c3nccs3)C2)ccn1. The molecule has 4 heterocycles. The molecule has 0 spiro atoms. The highest BCUT2D eigenvalue weighted by atomic mass is 32.1. The highest BCUT2D eigenvalue weighted by molar-refractivity contribution is 7.13. The van der Waals surface area contributed by atoms with E-state index in [1.54, 1.807) is 11.3 Å². The van der Waals surface area contributed by atoms with E-state index < -0.39 is 0 Å². The van der Waals surface area contributed by atoms with E-state index in [0.717, 1.165) is 24.8 Å². The van der Waals surface area contributed by atoms with Crippen LogP contribution in [0.4, 0.5) is 5.13 Å². The second-order valence-electron chi connectivity index (χ2n) is 5.87. The molecule has 0 aliphatic carbocycles. The third kappa shape index (κ3) is 3.12. The van der Waals surface area contributed by atoms with Crippen LogP contribution in [-0.4, -0.2) is 32.6 Å². The van der Waals surface area contributed by atoms with Crippen LogP contribution in [0.15, 0.2) is 48.5 Å². The fraction of sp³-hybridized carbons (Fsp3) is 0.353. The van der Waals surface area contributed by atoms with E-state index in [-0.39, 0.29) is 0 Å². The average Bonchev–Trinajstić information content (AvgIpc) is 3.28. The van der Waals surface area contributed by atoms with Crippen molar-refractivity contribution in [1.29, 1.82) is 0 Å². The van der Waals surface area contributed by atoms with Crippen LogP contribution in [0.1, 0.15) is 30.1 Å². The zero-order valence-corrected chi connectivity index (χ0v) is 13.7. The molecule has 118 valence electrons. The van der Waals surface area contributed by atoms with Crippen LogP contribution in [0.5, 0.6) is 0 Å². The smallest absolute Gasteiger partial charge is 0.185 e. The molecule has 6 heteroatoms. The molecule has 0 amide bonds. The summed E-state index contributed by atoms with van der Waals surface area (Å²) in [5, 5.41) is 3.17. The summed E-state index contributed by atoms with van der Waals surface area (Å²) in [6.45, 7) is 2.95. The molecule has 1 aliphatic rings. The largest absolute Gasteiger partial charge is 0.347 e. The average molecular weight is 325 g/mol. The number of aromatic nitrogens is 4. The zero-order chi connectivity index (χ0) is 15.5.